The molecule has 0 spiro atoms. The van der Waals surface area contributed by atoms with E-state index in [0.717, 1.165) is 12.0 Å². The van der Waals surface area contributed by atoms with Gasteiger partial charge in [0.05, 0.1) is 6.10 Å². The second kappa shape index (κ2) is 9.22. The first kappa shape index (κ1) is 17.3. The third-order valence-electron chi connectivity index (χ3n) is 2.76. The van der Waals surface area contributed by atoms with Gasteiger partial charge in [-0.2, -0.15) is 0 Å². The summed E-state index contributed by atoms with van der Waals surface area (Å²) >= 11 is 12.1. The van der Waals surface area contributed by atoms with E-state index in [0.29, 0.717) is 36.0 Å². The maximum absolute atomic E-state index is 11.7. The summed E-state index contributed by atoms with van der Waals surface area (Å²) in [6.45, 7) is 5.27. The van der Waals surface area contributed by atoms with Crippen LogP contribution in [0.1, 0.15) is 32.3 Å². The number of benzene rings is 1. The van der Waals surface area contributed by atoms with E-state index in [9.17, 15) is 4.79 Å². The Labute approximate surface area is 130 Å². The van der Waals surface area contributed by atoms with Crippen LogP contribution in [-0.4, -0.2) is 25.2 Å². The van der Waals surface area contributed by atoms with Gasteiger partial charge in [0.25, 0.3) is 0 Å². The van der Waals surface area contributed by atoms with Crippen molar-refractivity contribution in [2.45, 2.75) is 39.2 Å². The van der Waals surface area contributed by atoms with E-state index in [2.05, 4.69) is 5.32 Å². The Morgan fingerprint density at radius 3 is 2.55 bits per heavy atom. The van der Waals surface area contributed by atoms with Gasteiger partial charge in [-0.05, 0) is 44.4 Å². The van der Waals surface area contributed by atoms with Gasteiger partial charge in [-0.1, -0.05) is 29.3 Å². The first-order chi connectivity index (χ1) is 9.50. The Balaban J connectivity index is 2.23. The molecule has 0 aliphatic heterocycles. The maximum Gasteiger partial charge on any atom is 0.220 e. The molecular formula is C15H21Cl2NO2. The maximum atomic E-state index is 11.7. The number of rotatable bonds is 8. The van der Waals surface area contributed by atoms with Crippen LogP contribution in [0.15, 0.2) is 18.2 Å². The molecule has 0 heterocycles. The van der Waals surface area contributed by atoms with E-state index in [-0.39, 0.29) is 12.0 Å². The zero-order valence-corrected chi connectivity index (χ0v) is 13.4. The van der Waals surface area contributed by atoms with E-state index in [1.165, 1.54) is 0 Å². The largest absolute Gasteiger partial charge is 0.379 e. The van der Waals surface area contributed by atoms with Gasteiger partial charge in [-0.3, -0.25) is 4.79 Å². The average Bonchev–Trinajstić information content (AvgIpc) is 2.37. The summed E-state index contributed by atoms with van der Waals surface area (Å²) in [5.41, 5.74) is 0.828. The van der Waals surface area contributed by atoms with Crippen molar-refractivity contribution in [3.63, 3.8) is 0 Å². The Bertz CT molecular complexity index is 416. The van der Waals surface area contributed by atoms with Crippen LogP contribution in [0.25, 0.3) is 0 Å². The number of halogens is 2. The molecule has 0 unspecified atom stereocenters. The van der Waals surface area contributed by atoms with Crippen LogP contribution in [0.2, 0.25) is 10.0 Å². The number of ether oxygens (including phenoxy) is 1. The normalized spacial score (nSPS) is 10.8. The molecule has 1 aromatic rings. The highest BCUT2D eigenvalue weighted by atomic mass is 35.5. The molecule has 0 aromatic heterocycles. The highest BCUT2D eigenvalue weighted by Crippen LogP contribution is 2.25. The molecule has 1 rings (SSSR count). The molecule has 1 aromatic carbocycles. The zero-order chi connectivity index (χ0) is 15.0. The van der Waals surface area contributed by atoms with Gasteiger partial charge in [0, 0.05) is 29.6 Å². The topological polar surface area (TPSA) is 38.3 Å². The van der Waals surface area contributed by atoms with Crippen LogP contribution in [0.3, 0.4) is 0 Å². The van der Waals surface area contributed by atoms with Gasteiger partial charge < -0.3 is 10.1 Å². The van der Waals surface area contributed by atoms with Gasteiger partial charge in [0.1, 0.15) is 0 Å². The molecule has 112 valence electrons. The van der Waals surface area contributed by atoms with Crippen molar-refractivity contribution in [3.8, 4) is 0 Å². The number of amides is 1. The molecule has 0 aliphatic carbocycles. The van der Waals surface area contributed by atoms with Gasteiger partial charge >= 0.3 is 0 Å². The Hall–Kier alpha value is -0.770. The molecule has 5 heteroatoms. The second-order valence-electron chi connectivity index (χ2n) is 4.82. The van der Waals surface area contributed by atoms with Crippen LogP contribution < -0.4 is 5.32 Å². The molecule has 0 atom stereocenters. The molecule has 0 fully saturated rings. The lowest BCUT2D eigenvalue weighted by Gasteiger charge is -2.09. The first-order valence-corrected chi connectivity index (χ1v) is 7.57. The average molecular weight is 318 g/mol. The minimum Gasteiger partial charge on any atom is -0.379 e. The molecule has 0 bridgehead atoms. The van der Waals surface area contributed by atoms with Gasteiger partial charge in [0.15, 0.2) is 0 Å². The fraction of sp³-hybridized carbons (Fsp3) is 0.533. The van der Waals surface area contributed by atoms with Crippen LogP contribution in [-0.2, 0) is 16.0 Å². The lowest BCUT2D eigenvalue weighted by atomic mass is 10.1. The zero-order valence-electron chi connectivity index (χ0n) is 11.9. The number of carbonyl (C=O) groups excluding carboxylic acids is 1. The minimum atomic E-state index is 0.00512. The van der Waals surface area contributed by atoms with Crippen molar-refractivity contribution in [2.24, 2.45) is 0 Å². The third kappa shape index (κ3) is 6.60. The van der Waals surface area contributed by atoms with Gasteiger partial charge in [-0.25, -0.2) is 0 Å². The summed E-state index contributed by atoms with van der Waals surface area (Å²) in [4.78, 5) is 11.7. The summed E-state index contributed by atoms with van der Waals surface area (Å²) in [5.74, 6) is 0.00512. The van der Waals surface area contributed by atoms with E-state index in [1.54, 1.807) is 18.2 Å². The van der Waals surface area contributed by atoms with Crippen molar-refractivity contribution >= 4 is 29.1 Å². The summed E-state index contributed by atoms with van der Waals surface area (Å²) in [6.07, 6.45) is 1.98. The third-order valence-corrected chi connectivity index (χ3v) is 3.47. The summed E-state index contributed by atoms with van der Waals surface area (Å²) in [5, 5.41) is 4.07. The highest BCUT2D eigenvalue weighted by molar-refractivity contribution is 6.36. The molecule has 1 N–H and O–H groups in total. The second-order valence-corrected chi connectivity index (χ2v) is 5.64. The Morgan fingerprint density at radius 1 is 1.30 bits per heavy atom. The van der Waals surface area contributed by atoms with Gasteiger partial charge in [0.2, 0.25) is 5.91 Å². The number of hydrogen-bond donors (Lipinski definition) is 1. The van der Waals surface area contributed by atoms with Crippen molar-refractivity contribution in [1.82, 2.24) is 5.32 Å². The molecule has 0 saturated carbocycles. The van der Waals surface area contributed by atoms with Crippen molar-refractivity contribution < 1.29 is 9.53 Å². The minimum absolute atomic E-state index is 0.00512. The summed E-state index contributed by atoms with van der Waals surface area (Å²) < 4.78 is 5.40. The van der Waals surface area contributed by atoms with E-state index in [1.807, 2.05) is 13.8 Å². The lowest BCUT2D eigenvalue weighted by molar-refractivity contribution is -0.121. The van der Waals surface area contributed by atoms with Crippen molar-refractivity contribution in [2.75, 3.05) is 13.2 Å². The standard InChI is InChI=1S/C15H21Cl2NO2/c1-11(2)20-10-4-9-18-15(19)8-7-12-13(16)5-3-6-14(12)17/h3,5-6,11H,4,7-10H2,1-2H3,(H,18,19). The molecule has 3 nitrogen and oxygen atoms in total. The van der Waals surface area contributed by atoms with Crippen LogP contribution in [0.5, 0.6) is 0 Å². The van der Waals surface area contributed by atoms with E-state index in [4.69, 9.17) is 27.9 Å². The molecule has 20 heavy (non-hydrogen) atoms. The highest BCUT2D eigenvalue weighted by Gasteiger charge is 2.08. The van der Waals surface area contributed by atoms with E-state index >= 15 is 0 Å². The SMILES string of the molecule is CC(C)OCCCNC(=O)CCc1c(Cl)cccc1Cl. The van der Waals surface area contributed by atoms with Crippen molar-refractivity contribution in [3.05, 3.63) is 33.8 Å². The smallest absolute Gasteiger partial charge is 0.220 e. The number of carbonyl (C=O) groups is 1. The van der Waals surface area contributed by atoms with Crippen LogP contribution in [0, 0.1) is 0 Å². The van der Waals surface area contributed by atoms with E-state index < -0.39 is 0 Å². The predicted molar refractivity (Wildman–Crippen MR) is 83.5 cm³/mol. The Kier molecular flexibility index (Phi) is 7.97. The predicted octanol–water partition coefficient (Wildman–Crippen LogP) is 3.86. The summed E-state index contributed by atoms with van der Waals surface area (Å²) in [7, 11) is 0. The fourth-order valence-electron chi connectivity index (χ4n) is 1.72. The fourth-order valence-corrected chi connectivity index (χ4v) is 2.30. The Morgan fingerprint density at radius 2 is 1.95 bits per heavy atom. The molecular weight excluding hydrogens is 297 g/mol. The van der Waals surface area contributed by atoms with Gasteiger partial charge in [-0.15, -0.1) is 0 Å². The van der Waals surface area contributed by atoms with Crippen LogP contribution in [0.4, 0.5) is 0 Å². The molecule has 1 amide bonds. The molecule has 0 aliphatic rings. The quantitative estimate of drug-likeness (QED) is 0.739. The van der Waals surface area contributed by atoms with Crippen molar-refractivity contribution in [1.29, 1.82) is 0 Å². The number of hydrogen-bond acceptors (Lipinski definition) is 2. The molecule has 0 saturated heterocycles. The summed E-state index contributed by atoms with van der Waals surface area (Å²) in [6, 6.07) is 5.36. The molecule has 0 radical (unpaired) electrons. The number of nitrogens with one attached hydrogen (secondary N) is 1. The van der Waals surface area contributed by atoms with Crippen LogP contribution >= 0.6 is 23.2 Å². The first-order valence-electron chi connectivity index (χ1n) is 6.82. The lowest BCUT2D eigenvalue weighted by Crippen LogP contribution is -2.25. The monoisotopic (exact) mass is 317 g/mol.